The molecule has 0 unspecified atom stereocenters. The van der Waals surface area contributed by atoms with Gasteiger partial charge in [0.2, 0.25) is 5.82 Å². The second-order valence-electron chi connectivity index (χ2n) is 6.46. The van der Waals surface area contributed by atoms with Crippen LogP contribution < -0.4 is 4.74 Å². The first-order chi connectivity index (χ1) is 11.5. The van der Waals surface area contributed by atoms with Crippen molar-refractivity contribution >= 4 is 5.78 Å². The van der Waals surface area contributed by atoms with Crippen molar-refractivity contribution in [2.75, 3.05) is 0 Å². The third-order valence-electron chi connectivity index (χ3n) is 3.96. The molecule has 0 bridgehead atoms. The van der Waals surface area contributed by atoms with Crippen LogP contribution in [0.25, 0.3) is 22.8 Å². The first kappa shape index (κ1) is 14.6. The fourth-order valence-electron chi connectivity index (χ4n) is 2.83. The number of carbonyl (C=O) groups excluding carboxylic acids is 1. The number of aromatic nitrogens is 2. The first-order valence-corrected chi connectivity index (χ1v) is 7.78. The maximum Gasteiger partial charge on any atom is 0.258 e. The van der Waals surface area contributed by atoms with Crippen LogP contribution in [0.1, 0.15) is 30.6 Å². The molecule has 0 atom stereocenters. The lowest BCUT2D eigenvalue weighted by atomic mass is 9.92. The number of rotatable bonds is 2. The molecule has 1 aliphatic heterocycles. The van der Waals surface area contributed by atoms with E-state index in [0.29, 0.717) is 35.0 Å². The summed E-state index contributed by atoms with van der Waals surface area (Å²) < 4.78 is 11.2. The van der Waals surface area contributed by atoms with E-state index in [-0.39, 0.29) is 5.78 Å². The van der Waals surface area contributed by atoms with Crippen molar-refractivity contribution in [1.29, 1.82) is 0 Å². The Morgan fingerprint density at radius 1 is 1.04 bits per heavy atom. The highest BCUT2D eigenvalue weighted by molar-refractivity contribution is 6.01. The smallest absolute Gasteiger partial charge is 0.258 e. The highest BCUT2D eigenvalue weighted by Gasteiger charge is 2.32. The van der Waals surface area contributed by atoms with Gasteiger partial charge in [0.1, 0.15) is 11.4 Å². The lowest BCUT2D eigenvalue weighted by Gasteiger charge is -2.31. The summed E-state index contributed by atoms with van der Waals surface area (Å²) >= 11 is 0. The van der Waals surface area contributed by atoms with E-state index in [1.807, 2.05) is 50.2 Å². The summed E-state index contributed by atoms with van der Waals surface area (Å²) in [5, 5.41) is 4.01. The quantitative estimate of drug-likeness (QED) is 0.710. The molecule has 24 heavy (non-hydrogen) atoms. The van der Waals surface area contributed by atoms with E-state index >= 15 is 0 Å². The molecule has 2 aromatic carbocycles. The van der Waals surface area contributed by atoms with Crippen LogP contribution in [0.15, 0.2) is 53.1 Å². The van der Waals surface area contributed by atoms with Crippen molar-refractivity contribution in [3.63, 3.8) is 0 Å². The summed E-state index contributed by atoms with van der Waals surface area (Å²) in [7, 11) is 0. The average Bonchev–Trinajstić information content (AvgIpc) is 3.04. The minimum atomic E-state index is -0.476. The van der Waals surface area contributed by atoms with Crippen LogP contribution in [0.5, 0.6) is 5.75 Å². The topological polar surface area (TPSA) is 65.2 Å². The van der Waals surface area contributed by atoms with Gasteiger partial charge >= 0.3 is 0 Å². The van der Waals surface area contributed by atoms with Gasteiger partial charge in [-0.15, -0.1) is 0 Å². The number of Topliss-reactive ketones (excluding diaryl/α,β-unsaturated/α-hetero) is 1. The van der Waals surface area contributed by atoms with E-state index < -0.39 is 5.60 Å². The minimum absolute atomic E-state index is 0.0610. The van der Waals surface area contributed by atoms with E-state index in [1.165, 1.54) is 0 Å². The Morgan fingerprint density at radius 2 is 1.83 bits per heavy atom. The van der Waals surface area contributed by atoms with E-state index in [9.17, 15) is 4.79 Å². The molecule has 0 saturated heterocycles. The molecule has 5 heteroatoms. The maximum atomic E-state index is 12.4. The fraction of sp³-hybridized carbons (Fsp3) is 0.211. The molecule has 0 saturated carbocycles. The van der Waals surface area contributed by atoms with Crippen LogP contribution in [-0.2, 0) is 0 Å². The molecule has 3 aromatic rings. The third kappa shape index (κ3) is 2.58. The van der Waals surface area contributed by atoms with E-state index in [0.717, 1.165) is 5.56 Å². The summed E-state index contributed by atoms with van der Waals surface area (Å²) in [4.78, 5) is 16.8. The Kier molecular flexibility index (Phi) is 3.23. The summed E-state index contributed by atoms with van der Waals surface area (Å²) in [6, 6.07) is 15.0. The van der Waals surface area contributed by atoms with Crippen LogP contribution in [0.3, 0.4) is 0 Å². The second kappa shape index (κ2) is 5.30. The predicted molar refractivity (Wildman–Crippen MR) is 88.8 cm³/mol. The zero-order chi connectivity index (χ0) is 16.7. The monoisotopic (exact) mass is 320 g/mol. The molecule has 1 aliphatic rings. The van der Waals surface area contributed by atoms with Gasteiger partial charge in [-0.3, -0.25) is 4.79 Å². The van der Waals surface area contributed by atoms with Crippen LogP contribution in [-0.4, -0.2) is 21.5 Å². The zero-order valence-corrected chi connectivity index (χ0v) is 13.4. The van der Waals surface area contributed by atoms with Gasteiger partial charge in [-0.05, 0) is 32.0 Å². The molecule has 1 aromatic heterocycles. The SMILES string of the molecule is CC1(C)CC(=O)c2cc(-c3nc(-c4ccccc4)no3)ccc2O1. The molecule has 0 spiro atoms. The van der Waals surface area contributed by atoms with Gasteiger partial charge in [0.15, 0.2) is 5.78 Å². The molecule has 0 fully saturated rings. The summed E-state index contributed by atoms with van der Waals surface area (Å²) in [5.41, 5.74) is 1.68. The molecule has 0 N–H and O–H groups in total. The molecule has 5 nitrogen and oxygen atoms in total. The van der Waals surface area contributed by atoms with Crippen LogP contribution in [0, 0.1) is 0 Å². The van der Waals surface area contributed by atoms with Gasteiger partial charge in [-0.2, -0.15) is 4.98 Å². The highest BCUT2D eigenvalue weighted by Crippen LogP contribution is 2.35. The standard InChI is InChI=1S/C19H16N2O3/c1-19(2)11-15(22)14-10-13(8-9-16(14)23-19)18-20-17(21-24-18)12-6-4-3-5-7-12/h3-10H,11H2,1-2H3. The lowest BCUT2D eigenvalue weighted by molar-refractivity contribution is 0.0620. The number of ether oxygens (including phenoxy) is 1. The number of fused-ring (bicyclic) bond motifs is 1. The molecule has 2 heterocycles. The fourth-order valence-corrected chi connectivity index (χ4v) is 2.83. The molecule has 0 radical (unpaired) electrons. The Balaban J connectivity index is 1.71. The van der Waals surface area contributed by atoms with Crippen LogP contribution >= 0.6 is 0 Å². The Morgan fingerprint density at radius 3 is 2.62 bits per heavy atom. The number of ketones is 1. The molecular weight excluding hydrogens is 304 g/mol. The highest BCUT2D eigenvalue weighted by atomic mass is 16.5. The van der Waals surface area contributed by atoms with Crippen molar-refractivity contribution in [3.8, 4) is 28.6 Å². The molecule has 0 aliphatic carbocycles. The van der Waals surface area contributed by atoms with Gasteiger partial charge in [-0.25, -0.2) is 0 Å². The molecule has 4 rings (SSSR count). The number of hydrogen-bond donors (Lipinski definition) is 0. The number of carbonyl (C=O) groups is 1. The lowest BCUT2D eigenvalue weighted by Crippen LogP contribution is -2.35. The summed E-state index contributed by atoms with van der Waals surface area (Å²) in [5.74, 6) is 1.56. The minimum Gasteiger partial charge on any atom is -0.487 e. The molecule has 120 valence electrons. The van der Waals surface area contributed by atoms with Gasteiger partial charge in [0, 0.05) is 11.1 Å². The van der Waals surface area contributed by atoms with Crippen molar-refractivity contribution in [2.45, 2.75) is 25.9 Å². The predicted octanol–water partition coefficient (Wildman–Crippen LogP) is 4.15. The van der Waals surface area contributed by atoms with Crippen molar-refractivity contribution in [2.24, 2.45) is 0 Å². The van der Waals surface area contributed by atoms with E-state index in [1.54, 1.807) is 12.1 Å². The Bertz CT molecular complexity index is 913. The average molecular weight is 320 g/mol. The summed E-state index contributed by atoms with van der Waals surface area (Å²) in [6.45, 7) is 3.82. The van der Waals surface area contributed by atoms with Crippen LogP contribution in [0.4, 0.5) is 0 Å². The normalized spacial score (nSPS) is 15.7. The van der Waals surface area contributed by atoms with Crippen molar-refractivity contribution in [3.05, 3.63) is 54.1 Å². The van der Waals surface area contributed by atoms with Gasteiger partial charge in [0.25, 0.3) is 5.89 Å². The largest absolute Gasteiger partial charge is 0.487 e. The summed E-state index contributed by atoms with van der Waals surface area (Å²) in [6.07, 6.45) is 0.350. The number of hydrogen-bond acceptors (Lipinski definition) is 5. The number of nitrogens with zero attached hydrogens (tertiary/aromatic N) is 2. The molecule has 0 amide bonds. The van der Waals surface area contributed by atoms with E-state index in [4.69, 9.17) is 9.26 Å². The third-order valence-corrected chi connectivity index (χ3v) is 3.96. The van der Waals surface area contributed by atoms with Gasteiger partial charge < -0.3 is 9.26 Å². The Hall–Kier alpha value is -2.95. The van der Waals surface area contributed by atoms with Crippen molar-refractivity contribution in [1.82, 2.24) is 10.1 Å². The molecular formula is C19H16N2O3. The zero-order valence-electron chi connectivity index (χ0n) is 13.4. The number of benzene rings is 2. The van der Waals surface area contributed by atoms with Crippen molar-refractivity contribution < 1.29 is 14.1 Å². The van der Waals surface area contributed by atoms with Gasteiger partial charge in [0.05, 0.1) is 12.0 Å². The second-order valence-corrected chi connectivity index (χ2v) is 6.46. The van der Waals surface area contributed by atoms with Crippen LogP contribution in [0.2, 0.25) is 0 Å². The Labute approximate surface area is 139 Å². The maximum absolute atomic E-state index is 12.4. The van der Waals surface area contributed by atoms with Gasteiger partial charge in [-0.1, -0.05) is 35.5 Å². The van der Waals surface area contributed by atoms with E-state index in [2.05, 4.69) is 10.1 Å². The first-order valence-electron chi connectivity index (χ1n) is 7.78.